The maximum Gasteiger partial charge on any atom is 0.252 e. The molecule has 0 aromatic heterocycles. The van der Waals surface area contributed by atoms with Gasteiger partial charge in [0, 0.05) is 18.8 Å². The number of morpholine rings is 1. The van der Waals surface area contributed by atoms with Crippen molar-refractivity contribution in [3.05, 3.63) is 29.8 Å². The van der Waals surface area contributed by atoms with E-state index in [0.29, 0.717) is 19.7 Å². The first-order chi connectivity index (χ1) is 9.60. The van der Waals surface area contributed by atoms with Crippen LogP contribution in [0.5, 0.6) is 0 Å². The molecular formula is C15H20N2O3. The first-order valence-electron chi connectivity index (χ1n) is 6.87. The van der Waals surface area contributed by atoms with Gasteiger partial charge in [-0.05, 0) is 31.5 Å². The van der Waals surface area contributed by atoms with Crippen LogP contribution in [0.15, 0.2) is 24.3 Å². The molecule has 108 valence electrons. The van der Waals surface area contributed by atoms with Gasteiger partial charge in [0.05, 0.1) is 13.0 Å². The molecular weight excluding hydrogens is 256 g/mol. The topological polar surface area (TPSA) is 58.6 Å². The number of likely N-dealkylation sites (N-methyl/N-ethyl adjacent to an activating group) is 1. The Balaban J connectivity index is 1.92. The number of benzene rings is 1. The Hall–Kier alpha value is -1.88. The predicted octanol–water partition coefficient (Wildman–Crippen LogP) is 1.57. The number of nitrogens with one attached hydrogen (secondary N) is 1. The lowest BCUT2D eigenvalue weighted by molar-refractivity contribution is -0.154. The van der Waals surface area contributed by atoms with Gasteiger partial charge >= 0.3 is 0 Å². The third kappa shape index (κ3) is 3.57. The van der Waals surface area contributed by atoms with Gasteiger partial charge in [0.15, 0.2) is 0 Å². The van der Waals surface area contributed by atoms with Crippen molar-refractivity contribution in [2.24, 2.45) is 0 Å². The van der Waals surface area contributed by atoms with Gasteiger partial charge in [-0.1, -0.05) is 12.1 Å². The average molecular weight is 276 g/mol. The highest BCUT2D eigenvalue weighted by molar-refractivity contribution is 5.95. The lowest BCUT2D eigenvalue weighted by atomic mass is 10.1. The van der Waals surface area contributed by atoms with Crippen LogP contribution < -0.4 is 5.32 Å². The number of carbonyl (C=O) groups excluding carboxylic acids is 2. The summed E-state index contributed by atoms with van der Waals surface area (Å²) < 4.78 is 5.40. The van der Waals surface area contributed by atoms with Crippen LogP contribution in [0.1, 0.15) is 18.9 Å². The highest BCUT2D eigenvalue weighted by atomic mass is 16.5. The van der Waals surface area contributed by atoms with Crippen LogP contribution >= 0.6 is 0 Å². The average Bonchev–Trinajstić information content (AvgIpc) is 2.41. The van der Waals surface area contributed by atoms with E-state index >= 15 is 0 Å². The summed E-state index contributed by atoms with van der Waals surface area (Å²) in [4.78, 5) is 25.7. The molecule has 0 radical (unpaired) electrons. The van der Waals surface area contributed by atoms with Crippen molar-refractivity contribution in [1.82, 2.24) is 4.90 Å². The van der Waals surface area contributed by atoms with E-state index in [1.54, 1.807) is 4.90 Å². The molecule has 1 atom stereocenters. The molecule has 0 spiro atoms. The molecule has 0 saturated carbocycles. The SMILES string of the molecule is CCN1CCO[C@H](CC(=O)Nc2cccc(C)c2)C1=O. The second-order valence-electron chi connectivity index (χ2n) is 4.90. The lowest BCUT2D eigenvalue weighted by Crippen LogP contribution is -2.48. The lowest BCUT2D eigenvalue weighted by Gasteiger charge is -2.31. The largest absolute Gasteiger partial charge is 0.366 e. The maximum atomic E-state index is 12.0. The molecule has 1 fully saturated rings. The van der Waals surface area contributed by atoms with E-state index in [4.69, 9.17) is 4.74 Å². The molecule has 5 heteroatoms. The standard InChI is InChI=1S/C15H20N2O3/c1-3-17-7-8-20-13(15(17)19)10-14(18)16-12-6-4-5-11(2)9-12/h4-6,9,13H,3,7-8,10H2,1-2H3,(H,16,18)/t13-/m1/s1. The fourth-order valence-corrected chi connectivity index (χ4v) is 2.25. The van der Waals surface area contributed by atoms with Crippen LogP contribution in [0, 0.1) is 6.92 Å². The monoisotopic (exact) mass is 276 g/mol. The number of amides is 2. The summed E-state index contributed by atoms with van der Waals surface area (Å²) >= 11 is 0. The van der Waals surface area contributed by atoms with E-state index in [1.807, 2.05) is 38.1 Å². The zero-order chi connectivity index (χ0) is 14.5. The van der Waals surface area contributed by atoms with Gasteiger partial charge in [-0.15, -0.1) is 0 Å². The molecule has 1 N–H and O–H groups in total. The summed E-state index contributed by atoms with van der Waals surface area (Å²) in [6.07, 6.45) is -0.600. The predicted molar refractivity (Wildman–Crippen MR) is 76.4 cm³/mol. The van der Waals surface area contributed by atoms with Crippen LogP contribution in [0.2, 0.25) is 0 Å². The van der Waals surface area contributed by atoms with E-state index in [-0.39, 0.29) is 18.2 Å². The first kappa shape index (κ1) is 14.5. The van der Waals surface area contributed by atoms with E-state index < -0.39 is 6.10 Å². The Morgan fingerprint density at radius 2 is 2.30 bits per heavy atom. The zero-order valence-corrected chi connectivity index (χ0v) is 11.9. The van der Waals surface area contributed by atoms with Crippen molar-refractivity contribution in [2.45, 2.75) is 26.4 Å². The number of carbonyl (C=O) groups is 2. The molecule has 1 heterocycles. The molecule has 1 aromatic carbocycles. The fraction of sp³-hybridized carbons (Fsp3) is 0.467. The molecule has 1 aliphatic rings. The molecule has 0 bridgehead atoms. The van der Waals surface area contributed by atoms with Crippen molar-refractivity contribution < 1.29 is 14.3 Å². The molecule has 1 saturated heterocycles. The second-order valence-corrected chi connectivity index (χ2v) is 4.90. The highest BCUT2D eigenvalue weighted by Gasteiger charge is 2.30. The van der Waals surface area contributed by atoms with E-state index in [1.165, 1.54) is 0 Å². The minimum Gasteiger partial charge on any atom is -0.366 e. The normalized spacial score (nSPS) is 19.0. The van der Waals surface area contributed by atoms with Crippen molar-refractivity contribution >= 4 is 17.5 Å². The molecule has 2 amide bonds. The molecule has 0 aliphatic carbocycles. The van der Waals surface area contributed by atoms with Crippen LogP contribution in [-0.2, 0) is 14.3 Å². The maximum absolute atomic E-state index is 12.0. The van der Waals surface area contributed by atoms with E-state index in [9.17, 15) is 9.59 Å². The van der Waals surface area contributed by atoms with E-state index in [2.05, 4.69) is 5.32 Å². The minimum absolute atomic E-state index is 0.0588. The minimum atomic E-state index is -0.659. The van der Waals surface area contributed by atoms with Crippen LogP contribution in [0.25, 0.3) is 0 Å². The van der Waals surface area contributed by atoms with Crippen LogP contribution in [-0.4, -0.2) is 42.5 Å². The number of anilines is 1. The summed E-state index contributed by atoms with van der Waals surface area (Å²) in [7, 11) is 0. The molecule has 1 aliphatic heterocycles. The van der Waals surface area contributed by atoms with Gasteiger partial charge in [0.25, 0.3) is 5.91 Å². The number of nitrogens with zero attached hydrogens (tertiary/aromatic N) is 1. The van der Waals surface area contributed by atoms with E-state index in [0.717, 1.165) is 11.3 Å². The third-order valence-corrected chi connectivity index (χ3v) is 3.32. The fourth-order valence-electron chi connectivity index (χ4n) is 2.25. The summed E-state index contributed by atoms with van der Waals surface area (Å²) in [6, 6.07) is 7.56. The van der Waals surface area contributed by atoms with Crippen molar-refractivity contribution in [2.75, 3.05) is 25.0 Å². The third-order valence-electron chi connectivity index (χ3n) is 3.32. The first-order valence-corrected chi connectivity index (χ1v) is 6.87. The second kappa shape index (κ2) is 6.52. The van der Waals surface area contributed by atoms with Crippen molar-refractivity contribution in [1.29, 1.82) is 0 Å². The van der Waals surface area contributed by atoms with Gasteiger partial charge in [0.2, 0.25) is 5.91 Å². The van der Waals surface area contributed by atoms with Gasteiger partial charge in [-0.3, -0.25) is 9.59 Å². The van der Waals surface area contributed by atoms with Crippen LogP contribution in [0.3, 0.4) is 0 Å². The molecule has 5 nitrogen and oxygen atoms in total. The van der Waals surface area contributed by atoms with Gasteiger partial charge in [-0.2, -0.15) is 0 Å². The summed E-state index contributed by atoms with van der Waals surface area (Å²) in [5.41, 5.74) is 1.82. The summed E-state index contributed by atoms with van der Waals surface area (Å²) in [5, 5.41) is 2.79. The van der Waals surface area contributed by atoms with Gasteiger partial charge in [0.1, 0.15) is 6.10 Å². The van der Waals surface area contributed by atoms with Gasteiger partial charge in [-0.25, -0.2) is 0 Å². The smallest absolute Gasteiger partial charge is 0.252 e. The van der Waals surface area contributed by atoms with Crippen molar-refractivity contribution in [3.63, 3.8) is 0 Å². The molecule has 20 heavy (non-hydrogen) atoms. The summed E-state index contributed by atoms with van der Waals surface area (Å²) in [5.74, 6) is -0.301. The molecule has 2 rings (SSSR count). The highest BCUT2D eigenvalue weighted by Crippen LogP contribution is 2.13. The van der Waals surface area contributed by atoms with Crippen LogP contribution in [0.4, 0.5) is 5.69 Å². The zero-order valence-electron chi connectivity index (χ0n) is 11.9. The Morgan fingerprint density at radius 1 is 1.50 bits per heavy atom. The van der Waals surface area contributed by atoms with Crippen molar-refractivity contribution in [3.8, 4) is 0 Å². The Kier molecular flexibility index (Phi) is 4.74. The Morgan fingerprint density at radius 3 is 3.00 bits per heavy atom. The Labute approximate surface area is 118 Å². The summed E-state index contributed by atoms with van der Waals surface area (Å²) in [6.45, 7) is 5.63. The Bertz CT molecular complexity index is 502. The molecule has 0 unspecified atom stereocenters. The number of ether oxygens (including phenoxy) is 1. The number of aryl methyl sites for hydroxylation is 1. The number of hydrogen-bond donors (Lipinski definition) is 1. The number of hydrogen-bond acceptors (Lipinski definition) is 3. The van der Waals surface area contributed by atoms with Gasteiger partial charge < -0.3 is 15.0 Å². The molecule has 1 aromatic rings. The quantitative estimate of drug-likeness (QED) is 0.908. The number of rotatable bonds is 4.